The summed E-state index contributed by atoms with van der Waals surface area (Å²) in [4.78, 5) is 13.5. The Labute approximate surface area is 132 Å². The third-order valence-corrected chi connectivity index (χ3v) is 3.09. The molecule has 0 aromatic carbocycles. The van der Waals surface area contributed by atoms with Crippen molar-refractivity contribution in [3.63, 3.8) is 0 Å². The molecule has 124 valence electrons. The molecule has 0 rings (SSSR count). The maximum absolute atomic E-state index is 11.6. The molecule has 1 N–H and O–H groups in total. The highest BCUT2D eigenvalue weighted by Crippen LogP contribution is 2.02. The predicted molar refractivity (Wildman–Crippen MR) is 94.6 cm³/mol. The van der Waals surface area contributed by atoms with Gasteiger partial charge in [0, 0.05) is 26.6 Å². The van der Waals surface area contributed by atoms with Gasteiger partial charge in [0.15, 0.2) is 0 Å². The van der Waals surface area contributed by atoms with Gasteiger partial charge in [0.1, 0.15) is 0 Å². The molecular weight excluding hydrogens is 260 g/mol. The van der Waals surface area contributed by atoms with Crippen LogP contribution >= 0.6 is 0 Å². The minimum Gasteiger partial charge on any atom is -0.337 e. The van der Waals surface area contributed by atoms with E-state index >= 15 is 0 Å². The van der Waals surface area contributed by atoms with Gasteiger partial charge in [-0.1, -0.05) is 51.8 Å². The van der Waals surface area contributed by atoms with Crippen LogP contribution in [-0.4, -0.2) is 37.0 Å². The SMILES string of the molecule is C/C=C\C(=C/C)CN(CCNCCCCC)C(C)=O.CC. The van der Waals surface area contributed by atoms with Crippen LogP contribution < -0.4 is 5.32 Å². The Morgan fingerprint density at radius 2 is 1.81 bits per heavy atom. The van der Waals surface area contributed by atoms with Gasteiger partial charge < -0.3 is 10.2 Å². The molecule has 0 saturated carbocycles. The molecule has 0 aliphatic carbocycles. The number of carbonyl (C=O) groups excluding carboxylic acids is 1. The molecule has 0 radical (unpaired) electrons. The molecule has 0 unspecified atom stereocenters. The van der Waals surface area contributed by atoms with Gasteiger partial charge in [0.25, 0.3) is 0 Å². The molecule has 0 atom stereocenters. The standard InChI is InChI=1S/C16H30N2O.C2H6/c1-5-8-9-11-17-12-13-18(15(4)19)14-16(7-3)10-6-2;1-2/h6-7,10,17H,5,8-9,11-14H2,1-4H3;1-2H3/b10-6-,16-7+;. The predicted octanol–water partition coefficient (Wildman–Crippen LogP) is 4.16. The molecule has 3 heteroatoms. The van der Waals surface area contributed by atoms with Crippen LogP contribution in [0.15, 0.2) is 23.8 Å². The van der Waals surface area contributed by atoms with Crippen LogP contribution in [-0.2, 0) is 4.79 Å². The lowest BCUT2D eigenvalue weighted by atomic mass is 10.2. The molecule has 0 aromatic rings. The zero-order chi connectivity index (χ0) is 16.5. The monoisotopic (exact) mass is 296 g/mol. The molecule has 3 nitrogen and oxygen atoms in total. The number of allylic oxidation sites excluding steroid dienone is 2. The first kappa shape index (κ1) is 22.2. The lowest BCUT2D eigenvalue weighted by molar-refractivity contribution is -0.128. The van der Waals surface area contributed by atoms with Crippen LogP contribution in [0.1, 0.15) is 60.8 Å². The molecule has 0 saturated heterocycles. The van der Waals surface area contributed by atoms with Gasteiger partial charge in [-0.3, -0.25) is 4.79 Å². The molecule has 0 spiro atoms. The number of amides is 1. The zero-order valence-electron chi connectivity index (χ0n) is 15.0. The van der Waals surface area contributed by atoms with E-state index in [1.54, 1.807) is 6.92 Å². The first-order chi connectivity index (χ1) is 10.2. The minimum atomic E-state index is 0.138. The van der Waals surface area contributed by atoms with Crippen molar-refractivity contribution in [3.05, 3.63) is 23.8 Å². The molecule has 0 fully saturated rings. The summed E-state index contributed by atoms with van der Waals surface area (Å²) in [5, 5.41) is 3.40. The van der Waals surface area contributed by atoms with E-state index in [2.05, 4.69) is 24.4 Å². The van der Waals surface area contributed by atoms with Crippen LogP contribution in [0.25, 0.3) is 0 Å². The van der Waals surface area contributed by atoms with Crippen molar-refractivity contribution in [2.75, 3.05) is 26.2 Å². The van der Waals surface area contributed by atoms with E-state index in [0.717, 1.165) is 19.6 Å². The number of carbonyl (C=O) groups is 1. The molecule has 0 aliphatic rings. The molecule has 0 aliphatic heterocycles. The lowest BCUT2D eigenvalue weighted by Crippen LogP contribution is -2.36. The normalized spacial score (nSPS) is 11.2. The molecule has 0 aromatic heterocycles. The summed E-state index contributed by atoms with van der Waals surface area (Å²) in [7, 11) is 0. The first-order valence-electron chi connectivity index (χ1n) is 8.39. The first-order valence-corrected chi connectivity index (χ1v) is 8.39. The molecule has 0 heterocycles. The van der Waals surface area contributed by atoms with E-state index in [4.69, 9.17) is 0 Å². The molecule has 21 heavy (non-hydrogen) atoms. The topological polar surface area (TPSA) is 32.3 Å². The number of nitrogens with one attached hydrogen (secondary N) is 1. The van der Waals surface area contributed by atoms with Crippen LogP contribution in [0, 0.1) is 0 Å². The minimum absolute atomic E-state index is 0.138. The molecule has 0 bridgehead atoms. The Kier molecular flexibility index (Phi) is 17.9. The molecule has 1 amide bonds. The summed E-state index contributed by atoms with van der Waals surface area (Å²) >= 11 is 0. The third kappa shape index (κ3) is 13.6. The van der Waals surface area contributed by atoms with Crippen LogP contribution in [0.3, 0.4) is 0 Å². The second-order valence-corrected chi connectivity index (χ2v) is 4.76. The van der Waals surface area contributed by atoms with Crippen molar-refractivity contribution in [2.45, 2.75) is 60.8 Å². The van der Waals surface area contributed by atoms with Gasteiger partial charge >= 0.3 is 0 Å². The van der Waals surface area contributed by atoms with Gasteiger partial charge in [-0.2, -0.15) is 0 Å². The van der Waals surface area contributed by atoms with Crippen molar-refractivity contribution >= 4 is 5.91 Å². The summed E-state index contributed by atoms with van der Waals surface area (Å²) in [5.74, 6) is 0.138. The number of unbranched alkanes of at least 4 members (excludes halogenated alkanes) is 2. The Bertz CT molecular complexity index is 296. The van der Waals surface area contributed by atoms with Gasteiger partial charge in [-0.05, 0) is 32.4 Å². The lowest BCUT2D eigenvalue weighted by Gasteiger charge is -2.22. The van der Waals surface area contributed by atoms with Crippen molar-refractivity contribution in [3.8, 4) is 0 Å². The van der Waals surface area contributed by atoms with E-state index in [0.29, 0.717) is 6.54 Å². The second-order valence-electron chi connectivity index (χ2n) is 4.76. The van der Waals surface area contributed by atoms with E-state index in [1.165, 1.54) is 24.8 Å². The van der Waals surface area contributed by atoms with E-state index in [9.17, 15) is 4.79 Å². The number of nitrogens with zero attached hydrogens (tertiary/aromatic N) is 1. The summed E-state index contributed by atoms with van der Waals surface area (Å²) in [6, 6.07) is 0. The fraction of sp³-hybridized carbons (Fsp3) is 0.722. The summed E-state index contributed by atoms with van der Waals surface area (Å²) in [5.41, 5.74) is 1.18. The smallest absolute Gasteiger partial charge is 0.219 e. The van der Waals surface area contributed by atoms with Crippen molar-refractivity contribution in [2.24, 2.45) is 0 Å². The fourth-order valence-electron chi connectivity index (χ4n) is 1.86. The Balaban J connectivity index is 0. The van der Waals surface area contributed by atoms with Crippen LogP contribution in [0.5, 0.6) is 0 Å². The van der Waals surface area contributed by atoms with Crippen molar-refractivity contribution < 1.29 is 4.79 Å². The number of hydrogen-bond acceptors (Lipinski definition) is 2. The highest BCUT2D eigenvalue weighted by atomic mass is 16.2. The Morgan fingerprint density at radius 3 is 2.29 bits per heavy atom. The van der Waals surface area contributed by atoms with Gasteiger partial charge in [0.2, 0.25) is 5.91 Å². The average molecular weight is 296 g/mol. The summed E-state index contributed by atoms with van der Waals surface area (Å²) in [6.45, 7) is 15.2. The van der Waals surface area contributed by atoms with E-state index in [1.807, 2.05) is 38.7 Å². The maximum atomic E-state index is 11.6. The van der Waals surface area contributed by atoms with Crippen LogP contribution in [0.4, 0.5) is 0 Å². The quantitative estimate of drug-likeness (QED) is 0.485. The van der Waals surface area contributed by atoms with Gasteiger partial charge in [-0.25, -0.2) is 0 Å². The van der Waals surface area contributed by atoms with Gasteiger partial charge in [0.05, 0.1) is 0 Å². The average Bonchev–Trinajstić information content (AvgIpc) is 2.50. The highest BCUT2D eigenvalue weighted by Gasteiger charge is 2.08. The Morgan fingerprint density at radius 1 is 1.14 bits per heavy atom. The van der Waals surface area contributed by atoms with E-state index < -0.39 is 0 Å². The Hall–Kier alpha value is -1.09. The summed E-state index contributed by atoms with van der Waals surface area (Å²) < 4.78 is 0. The third-order valence-electron chi connectivity index (χ3n) is 3.09. The zero-order valence-corrected chi connectivity index (χ0v) is 15.0. The largest absolute Gasteiger partial charge is 0.337 e. The summed E-state index contributed by atoms with van der Waals surface area (Å²) in [6.07, 6.45) is 9.86. The fourth-order valence-corrected chi connectivity index (χ4v) is 1.86. The number of hydrogen-bond donors (Lipinski definition) is 1. The number of rotatable bonds is 10. The maximum Gasteiger partial charge on any atom is 0.219 e. The highest BCUT2D eigenvalue weighted by molar-refractivity contribution is 5.73. The van der Waals surface area contributed by atoms with Crippen LogP contribution in [0.2, 0.25) is 0 Å². The van der Waals surface area contributed by atoms with Gasteiger partial charge in [-0.15, -0.1) is 0 Å². The van der Waals surface area contributed by atoms with E-state index in [-0.39, 0.29) is 5.91 Å². The van der Waals surface area contributed by atoms with Crippen molar-refractivity contribution in [1.29, 1.82) is 0 Å². The molecular formula is C18H36N2O. The second kappa shape index (κ2) is 17.0. The van der Waals surface area contributed by atoms with Crippen molar-refractivity contribution in [1.82, 2.24) is 10.2 Å².